The predicted molar refractivity (Wildman–Crippen MR) is 242 cm³/mol. The van der Waals surface area contributed by atoms with E-state index in [1.807, 2.05) is 12.1 Å². The fourth-order valence-electron chi connectivity index (χ4n) is 8.05. The Bertz CT molecular complexity index is 2430. The van der Waals surface area contributed by atoms with Crippen LogP contribution in [-0.4, -0.2) is 0 Å². The van der Waals surface area contributed by atoms with Crippen molar-refractivity contribution in [3.05, 3.63) is 191 Å². The summed E-state index contributed by atoms with van der Waals surface area (Å²) in [7, 11) is 0. The molecular formula is C53H51ClN2O. The van der Waals surface area contributed by atoms with Gasteiger partial charge in [0, 0.05) is 33.9 Å². The number of rotatable bonds is 8. The van der Waals surface area contributed by atoms with Crippen LogP contribution in [-0.2, 0) is 16.2 Å². The average molecular weight is 767 g/mol. The van der Waals surface area contributed by atoms with Crippen molar-refractivity contribution >= 4 is 45.7 Å². The third-order valence-electron chi connectivity index (χ3n) is 11.3. The van der Waals surface area contributed by atoms with Crippen molar-refractivity contribution in [3.63, 3.8) is 0 Å². The van der Waals surface area contributed by atoms with Crippen LogP contribution < -0.4 is 14.5 Å². The van der Waals surface area contributed by atoms with Crippen LogP contribution in [0.3, 0.4) is 0 Å². The van der Waals surface area contributed by atoms with Crippen LogP contribution in [0.2, 0.25) is 5.02 Å². The van der Waals surface area contributed by atoms with E-state index >= 15 is 0 Å². The molecule has 0 saturated carbocycles. The monoisotopic (exact) mass is 766 g/mol. The quantitative estimate of drug-likeness (QED) is 0.153. The maximum Gasteiger partial charge on any atom is 0.148 e. The van der Waals surface area contributed by atoms with E-state index in [0.717, 1.165) is 39.9 Å². The van der Waals surface area contributed by atoms with Crippen LogP contribution in [0.5, 0.6) is 11.5 Å². The molecule has 0 N–H and O–H groups in total. The maximum absolute atomic E-state index is 7.38. The third kappa shape index (κ3) is 7.33. The summed E-state index contributed by atoms with van der Waals surface area (Å²) in [6.07, 6.45) is 0. The molecule has 0 amide bonds. The van der Waals surface area contributed by atoms with Crippen molar-refractivity contribution in [1.82, 2.24) is 0 Å². The highest BCUT2D eigenvalue weighted by Gasteiger charge is 2.36. The topological polar surface area (TPSA) is 15.7 Å². The molecule has 3 nitrogen and oxygen atoms in total. The lowest BCUT2D eigenvalue weighted by Crippen LogP contribution is -2.16. The van der Waals surface area contributed by atoms with Gasteiger partial charge in [-0.1, -0.05) is 146 Å². The van der Waals surface area contributed by atoms with Gasteiger partial charge in [0.05, 0.1) is 5.69 Å². The van der Waals surface area contributed by atoms with Gasteiger partial charge in [-0.15, -0.1) is 0 Å². The standard InChI is InChI=1S/C53H51ClN2O/c1-51(2,3)36-22-26-40(27-23-36)56(41-28-24-37(25-29-41)52(4,5)6)48-20-15-21-49(50(48)54)57-43-31-33-46-45(35-43)44-32-30-42(34-47(44)53(46,7)8)55(38-16-11-9-12-17-38)39-18-13-10-14-19-39/h9-35H,1-8H3. The SMILES string of the molecule is CC(C)(C)c1ccc(N(c2ccc(C(C)(C)C)cc2)c2cccc(Oc3ccc4c(c3)-c3ccc(N(c5ccccc5)c5ccccc5)cc3C4(C)C)c2Cl)cc1. The Hall–Kier alpha value is -5.77. The molecule has 7 aromatic rings. The summed E-state index contributed by atoms with van der Waals surface area (Å²) in [6.45, 7) is 18.1. The zero-order chi connectivity index (χ0) is 40.1. The minimum atomic E-state index is -0.207. The second kappa shape index (κ2) is 14.6. The first kappa shape index (κ1) is 38.1. The molecule has 0 aromatic heterocycles. The molecule has 8 rings (SSSR count). The van der Waals surface area contributed by atoms with E-state index in [4.69, 9.17) is 16.3 Å². The first-order valence-electron chi connectivity index (χ1n) is 19.9. The molecule has 1 aliphatic carbocycles. The number of halogens is 1. The molecule has 0 fully saturated rings. The minimum absolute atomic E-state index is 0.0433. The zero-order valence-corrected chi connectivity index (χ0v) is 35.0. The highest BCUT2D eigenvalue weighted by Crippen LogP contribution is 2.52. The van der Waals surface area contributed by atoms with Crippen molar-refractivity contribution < 1.29 is 4.74 Å². The summed E-state index contributed by atoms with van der Waals surface area (Å²) in [5.41, 5.74) is 13.7. The molecule has 0 unspecified atom stereocenters. The molecule has 0 heterocycles. The number of ether oxygens (including phenoxy) is 1. The fourth-order valence-corrected chi connectivity index (χ4v) is 8.30. The van der Waals surface area contributed by atoms with Crippen molar-refractivity contribution in [2.24, 2.45) is 0 Å². The Kier molecular flexibility index (Phi) is 9.78. The average Bonchev–Trinajstić information content (AvgIpc) is 3.42. The van der Waals surface area contributed by atoms with Gasteiger partial charge in [-0.2, -0.15) is 0 Å². The van der Waals surface area contributed by atoms with Crippen molar-refractivity contribution in [2.45, 2.75) is 71.6 Å². The first-order valence-corrected chi connectivity index (χ1v) is 20.3. The van der Waals surface area contributed by atoms with Gasteiger partial charge in [0.15, 0.2) is 0 Å². The van der Waals surface area contributed by atoms with Crippen LogP contribution in [0.25, 0.3) is 11.1 Å². The summed E-state index contributed by atoms with van der Waals surface area (Å²) < 4.78 is 6.72. The zero-order valence-electron chi connectivity index (χ0n) is 34.3. The van der Waals surface area contributed by atoms with Gasteiger partial charge in [-0.3, -0.25) is 0 Å². The largest absolute Gasteiger partial charge is 0.456 e. The van der Waals surface area contributed by atoms with Crippen LogP contribution in [0.15, 0.2) is 164 Å². The van der Waals surface area contributed by atoms with Gasteiger partial charge in [-0.25, -0.2) is 0 Å². The fraction of sp³-hybridized carbons (Fsp3) is 0.208. The number of nitrogens with zero attached hydrogens (tertiary/aromatic N) is 2. The van der Waals surface area contributed by atoms with E-state index in [-0.39, 0.29) is 16.2 Å². The number of hydrogen-bond donors (Lipinski definition) is 0. The highest BCUT2D eigenvalue weighted by atomic mass is 35.5. The van der Waals surface area contributed by atoms with Gasteiger partial charge in [0.25, 0.3) is 0 Å². The van der Waals surface area contributed by atoms with Crippen LogP contribution in [0.4, 0.5) is 34.1 Å². The Morgan fingerprint density at radius 2 is 0.965 bits per heavy atom. The maximum atomic E-state index is 7.38. The van der Waals surface area contributed by atoms with E-state index in [0.29, 0.717) is 10.8 Å². The minimum Gasteiger partial charge on any atom is -0.456 e. The molecule has 7 aromatic carbocycles. The summed E-state index contributed by atoms with van der Waals surface area (Å²) in [5.74, 6) is 1.34. The van der Waals surface area contributed by atoms with Crippen LogP contribution in [0.1, 0.15) is 77.6 Å². The Balaban J connectivity index is 1.15. The van der Waals surface area contributed by atoms with E-state index in [2.05, 4.69) is 217 Å². The predicted octanol–water partition coefficient (Wildman–Crippen LogP) is 16.0. The molecule has 286 valence electrons. The molecule has 4 heteroatoms. The number of anilines is 6. The van der Waals surface area contributed by atoms with Gasteiger partial charge in [-0.05, 0) is 129 Å². The van der Waals surface area contributed by atoms with E-state index in [1.165, 1.54) is 33.4 Å². The van der Waals surface area contributed by atoms with Crippen LogP contribution in [0, 0.1) is 0 Å². The summed E-state index contributed by atoms with van der Waals surface area (Å²) in [4.78, 5) is 4.55. The second-order valence-corrected chi connectivity index (χ2v) is 18.1. The van der Waals surface area contributed by atoms with E-state index in [1.54, 1.807) is 0 Å². The van der Waals surface area contributed by atoms with E-state index in [9.17, 15) is 0 Å². The van der Waals surface area contributed by atoms with Crippen molar-refractivity contribution in [2.75, 3.05) is 9.80 Å². The van der Waals surface area contributed by atoms with Crippen LogP contribution >= 0.6 is 11.6 Å². The molecule has 0 aliphatic heterocycles. The Labute approximate surface area is 344 Å². The Morgan fingerprint density at radius 3 is 1.49 bits per heavy atom. The third-order valence-corrected chi connectivity index (χ3v) is 11.7. The summed E-state index contributed by atoms with van der Waals surface area (Å²) in [5, 5.41) is 0.546. The molecule has 1 aliphatic rings. The number of para-hydroxylation sites is 2. The van der Waals surface area contributed by atoms with Gasteiger partial charge < -0.3 is 14.5 Å². The lowest BCUT2D eigenvalue weighted by molar-refractivity contribution is 0.483. The molecule has 0 atom stereocenters. The summed E-state index contributed by atoms with van der Waals surface area (Å²) in [6, 6.07) is 58.1. The smallest absolute Gasteiger partial charge is 0.148 e. The summed E-state index contributed by atoms with van der Waals surface area (Å²) >= 11 is 7.38. The molecule has 0 bridgehead atoms. The molecular weight excluding hydrogens is 716 g/mol. The second-order valence-electron chi connectivity index (χ2n) is 17.7. The number of hydrogen-bond acceptors (Lipinski definition) is 3. The van der Waals surface area contributed by atoms with Gasteiger partial charge >= 0.3 is 0 Å². The molecule has 0 spiro atoms. The molecule has 57 heavy (non-hydrogen) atoms. The first-order chi connectivity index (χ1) is 27.2. The molecule has 0 radical (unpaired) electrons. The number of benzene rings is 7. The van der Waals surface area contributed by atoms with Crippen molar-refractivity contribution in [3.8, 4) is 22.6 Å². The van der Waals surface area contributed by atoms with Crippen molar-refractivity contribution in [1.29, 1.82) is 0 Å². The van der Waals surface area contributed by atoms with Gasteiger partial charge in [0.2, 0.25) is 0 Å². The van der Waals surface area contributed by atoms with Gasteiger partial charge in [0.1, 0.15) is 16.5 Å². The lowest BCUT2D eigenvalue weighted by atomic mass is 9.82. The lowest BCUT2D eigenvalue weighted by Gasteiger charge is -2.29. The molecule has 0 saturated heterocycles. The Morgan fingerprint density at radius 1 is 0.456 bits per heavy atom. The highest BCUT2D eigenvalue weighted by molar-refractivity contribution is 6.35. The van der Waals surface area contributed by atoms with E-state index < -0.39 is 0 Å². The number of fused-ring (bicyclic) bond motifs is 3. The normalized spacial score (nSPS) is 13.1.